The summed E-state index contributed by atoms with van der Waals surface area (Å²) in [6, 6.07) is 8.55. The van der Waals surface area contributed by atoms with Gasteiger partial charge in [0.2, 0.25) is 0 Å². The first-order valence-electron chi connectivity index (χ1n) is 4.34. The predicted octanol–water partition coefficient (Wildman–Crippen LogP) is 1.80. The number of aromatic nitrogens is 1. The lowest BCUT2D eigenvalue weighted by molar-refractivity contribution is 1.32. The third-order valence-electron chi connectivity index (χ3n) is 2.53. The Bertz CT molecular complexity index is 592. The zero-order chi connectivity index (χ0) is 8.84. The summed E-state index contributed by atoms with van der Waals surface area (Å²) in [5.41, 5.74) is 1.32. The Labute approximate surface area is 89.9 Å². The molecule has 1 aromatic carbocycles. The molecule has 1 heterocycles. The van der Waals surface area contributed by atoms with E-state index in [1.807, 2.05) is 0 Å². The lowest BCUT2D eigenvalue weighted by Gasteiger charge is -1.92. The summed E-state index contributed by atoms with van der Waals surface area (Å²) < 4.78 is 2.24. The van der Waals surface area contributed by atoms with E-state index in [1.165, 1.54) is 21.5 Å². The van der Waals surface area contributed by atoms with E-state index in [0.717, 1.165) is 6.42 Å². The number of halogens is 1. The van der Waals surface area contributed by atoms with Crippen LogP contribution in [0.2, 0.25) is 0 Å². The van der Waals surface area contributed by atoms with Gasteiger partial charge in [-0.25, -0.2) is 0 Å². The van der Waals surface area contributed by atoms with Gasteiger partial charge in [-0.05, 0) is 12.5 Å². The number of hydrogen-bond donors (Lipinski definition) is 0. The van der Waals surface area contributed by atoms with Crippen molar-refractivity contribution in [3.05, 3.63) is 34.8 Å². The van der Waals surface area contributed by atoms with Gasteiger partial charge in [-0.3, -0.25) is 2.78 Å². The first-order chi connectivity index (χ1) is 6.38. The van der Waals surface area contributed by atoms with Crippen molar-refractivity contribution in [3.63, 3.8) is 0 Å². The second kappa shape index (κ2) is 2.61. The summed E-state index contributed by atoms with van der Waals surface area (Å²) in [4.78, 5) is 0. The molecule has 13 heavy (non-hydrogen) atoms. The van der Waals surface area contributed by atoms with E-state index in [9.17, 15) is 0 Å². The molecule has 0 bridgehead atoms. The fourth-order valence-corrected chi connectivity index (χ4v) is 2.82. The molecule has 3 rings (SSSR count). The van der Waals surface area contributed by atoms with Crippen LogP contribution in [0.3, 0.4) is 0 Å². The van der Waals surface area contributed by atoms with Crippen molar-refractivity contribution >= 4 is 45.9 Å². The number of hydrogen-bond acceptors (Lipinski definition) is 0. The first kappa shape index (κ1) is 7.62. The zero-order valence-electron chi connectivity index (χ0n) is 7.00. The highest BCUT2D eigenvalue weighted by atomic mass is 127. The molecule has 0 fully saturated rings. The van der Waals surface area contributed by atoms with E-state index in [1.54, 1.807) is 0 Å². The zero-order valence-corrected chi connectivity index (χ0v) is 9.15. The lowest BCUT2D eigenvalue weighted by atomic mass is 10.2. The number of rotatable bonds is 0. The van der Waals surface area contributed by atoms with E-state index in [-0.39, 0.29) is 0 Å². The summed E-state index contributed by atoms with van der Waals surface area (Å²) in [5.74, 6) is 0. The molecular formula is C11H8IN. The molecule has 1 aliphatic rings. The highest BCUT2D eigenvalue weighted by Crippen LogP contribution is 2.12. The van der Waals surface area contributed by atoms with Gasteiger partial charge in [0, 0.05) is 10.6 Å². The van der Waals surface area contributed by atoms with Crippen molar-refractivity contribution in [3.8, 4) is 0 Å². The minimum atomic E-state index is 1.08. The molecule has 0 saturated heterocycles. The number of fused-ring (bicyclic) bond motifs is 3. The number of benzene rings is 1. The van der Waals surface area contributed by atoms with Crippen molar-refractivity contribution in [1.29, 1.82) is 0 Å². The van der Waals surface area contributed by atoms with Gasteiger partial charge >= 0.3 is 0 Å². The number of nitrogens with zero attached hydrogens (tertiary/aromatic N) is 1. The average molecular weight is 281 g/mol. The van der Waals surface area contributed by atoms with Gasteiger partial charge in [-0.1, -0.05) is 30.4 Å². The summed E-state index contributed by atoms with van der Waals surface area (Å²) in [5, 5.41) is 4.15. The molecule has 0 spiro atoms. The molecule has 0 amide bonds. The van der Waals surface area contributed by atoms with Crippen molar-refractivity contribution in [1.82, 2.24) is 2.78 Å². The number of para-hydroxylation sites is 1. The maximum absolute atomic E-state index is 2.36. The molecular weight excluding hydrogens is 273 g/mol. The minimum Gasteiger partial charge on any atom is -0.282 e. The molecule has 0 atom stereocenters. The Kier molecular flexibility index (Phi) is 1.53. The summed E-state index contributed by atoms with van der Waals surface area (Å²) in [6.07, 6.45) is 5.66. The van der Waals surface area contributed by atoms with E-state index in [0.29, 0.717) is 0 Å². The van der Waals surface area contributed by atoms with Gasteiger partial charge in [-0.15, -0.1) is 0 Å². The van der Waals surface area contributed by atoms with E-state index >= 15 is 0 Å². The van der Waals surface area contributed by atoms with Crippen LogP contribution < -0.4 is 10.6 Å². The van der Waals surface area contributed by atoms with Crippen molar-refractivity contribution in [2.75, 3.05) is 0 Å². The normalized spacial score (nSPS) is 13.9. The molecule has 0 radical (unpaired) electrons. The van der Waals surface area contributed by atoms with Crippen LogP contribution >= 0.6 is 22.9 Å². The molecule has 0 unspecified atom stereocenters. The molecule has 2 heteroatoms. The van der Waals surface area contributed by atoms with Crippen molar-refractivity contribution < 1.29 is 0 Å². The maximum Gasteiger partial charge on any atom is 0.0646 e. The van der Waals surface area contributed by atoms with Crippen molar-refractivity contribution in [2.24, 2.45) is 0 Å². The van der Waals surface area contributed by atoms with Crippen LogP contribution in [0.25, 0.3) is 23.1 Å². The van der Waals surface area contributed by atoms with Gasteiger partial charge in [0.25, 0.3) is 0 Å². The van der Waals surface area contributed by atoms with E-state index in [4.69, 9.17) is 0 Å². The van der Waals surface area contributed by atoms with Crippen molar-refractivity contribution in [2.45, 2.75) is 6.42 Å². The summed E-state index contributed by atoms with van der Waals surface area (Å²) >= 11 is 2.36. The SMILES string of the molecule is In1c2c(c3ccccc31)=CCC=2. The van der Waals surface area contributed by atoms with Gasteiger partial charge in [0.1, 0.15) is 0 Å². The molecule has 1 aromatic heterocycles. The molecule has 0 saturated carbocycles. The van der Waals surface area contributed by atoms with Crippen LogP contribution in [-0.2, 0) is 0 Å². The molecule has 2 aromatic rings. The monoisotopic (exact) mass is 281 g/mol. The molecule has 0 aliphatic heterocycles. The Morgan fingerprint density at radius 2 is 2.00 bits per heavy atom. The molecule has 1 nitrogen and oxygen atoms in total. The van der Waals surface area contributed by atoms with Crippen LogP contribution in [0.1, 0.15) is 6.42 Å². The Balaban J connectivity index is 2.74. The third-order valence-corrected chi connectivity index (χ3v) is 3.57. The largest absolute Gasteiger partial charge is 0.282 e. The Morgan fingerprint density at radius 1 is 1.15 bits per heavy atom. The summed E-state index contributed by atoms with van der Waals surface area (Å²) in [7, 11) is 0. The second-order valence-electron chi connectivity index (χ2n) is 3.24. The average Bonchev–Trinajstić information content (AvgIpc) is 2.72. The summed E-state index contributed by atoms with van der Waals surface area (Å²) in [6.45, 7) is 0. The maximum atomic E-state index is 2.36. The van der Waals surface area contributed by atoms with Crippen LogP contribution in [0.4, 0.5) is 0 Å². The quantitative estimate of drug-likeness (QED) is 0.649. The fraction of sp³-hybridized carbons (Fsp3) is 0.0909. The molecule has 0 N–H and O–H groups in total. The van der Waals surface area contributed by atoms with Crippen LogP contribution in [0.5, 0.6) is 0 Å². The van der Waals surface area contributed by atoms with E-state index in [2.05, 4.69) is 62.1 Å². The third kappa shape index (κ3) is 0.921. The smallest absolute Gasteiger partial charge is 0.0646 e. The second-order valence-corrected chi connectivity index (χ2v) is 4.21. The highest BCUT2D eigenvalue weighted by Gasteiger charge is 2.06. The topological polar surface area (TPSA) is 4.93 Å². The Morgan fingerprint density at radius 3 is 2.92 bits per heavy atom. The van der Waals surface area contributed by atoms with Crippen LogP contribution in [0.15, 0.2) is 24.3 Å². The van der Waals surface area contributed by atoms with Gasteiger partial charge in [0.05, 0.1) is 33.7 Å². The minimum absolute atomic E-state index is 1.08. The molecule has 1 aliphatic carbocycles. The standard InChI is InChI=1S/C11H8IN/c12-13-10-6-2-1-4-8(10)9-5-3-7-11(9)13/h1-2,4-7H,3H2. The fourth-order valence-electron chi connectivity index (χ4n) is 1.94. The first-order valence-corrected chi connectivity index (χ1v) is 5.30. The highest BCUT2D eigenvalue weighted by molar-refractivity contribution is 14.1. The van der Waals surface area contributed by atoms with Gasteiger partial charge in [0.15, 0.2) is 0 Å². The van der Waals surface area contributed by atoms with E-state index < -0.39 is 0 Å². The Hall–Kier alpha value is -0.770. The predicted molar refractivity (Wildman–Crippen MR) is 64.2 cm³/mol. The lowest BCUT2D eigenvalue weighted by Crippen LogP contribution is -2.21. The van der Waals surface area contributed by atoms with Crippen LogP contribution in [0, 0.1) is 0 Å². The van der Waals surface area contributed by atoms with Crippen LogP contribution in [-0.4, -0.2) is 2.78 Å². The van der Waals surface area contributed by atoms with Gasteiger partial charge in [-0.2, -0.15) is 0 Å². The molecule has 64 valence electrons. The van der Waals surface area contributed by atoms with Gasteiger partial charge < -0.3 is 0 Å².